The molecular formula is C13H21NO. The number of para-hydroxylation sites is 1. The average Bonchev–Trinajstić information content (AvgIpc) is 2.20. The summed E-state index contributed by atoms with van der Waals surface area (Å²) in [6.45, 7) is 9.17. The van der Waals surface area contributed by atoms with Crippen molar-refractivity contribution in [3.63, 3.8) is 0 Å². The minimum atomic E-state index is 0.698. The molecule has 0 fully saturated rings. The molecule has 2 nitrogen and oxygen atoms in total. The van der Waals surface area contributed by atoms with Gasteiger partial charge in [0, 0.05) is 6.54 Å². The molecule has 0 saturated carbocycles. The SMILES string of the molecule is Cc1ccccc1OCCNCC(C)C. The highest BCUT2D eigenvalue weighted by Gasteiger charge is 1.97. The zero-order valence-electron chi connectivity index (χ0n) is 9.92. The maximum absolute atomic E-state index is 5.66. The zero-order valence-corrected chi connectivity index (χ0v) is 9.92. The van der Waals surface area contributed by atoms with Crippen LogP contribution in [0, 0.1) is 12.8 Å². The molecule has 0 saturated heterocycles. The molecule has 0 aromatic heterocycles. The van der Waals surface area contributed by atoms with Crippen molar-refractivity contribution >= 4 is 0 Å². The highest BCUT2D eigenvalue weighted by atomic mass is 16.5. The predicted molar refractivity (Wildman–Crippen MR) is 64.4 cm³/mol. The van der Waals surface area contributed by atoms with Crippen molar-refractivity contribution < 1.29 is 4.74 Å². The fraction of sp³-hybridized carbons (Fsp3) is 0.538. The van der Waals surface area contributed by atoms with Crippen LogP contribution in [0.5, 0.6) is 5.75 Å². The van der Waals surface area contributed by atoms with E-state index in [9.17, 15) is 0 Å². The monoisotopic (exact) mass is 207 g/mol. The van der Waals surface area contributed by atoms with E-state index in [4.69, 9.17) is 4.74 Å². The van der Waals surface area contributed by atoms with Gasteiger partial charge in [0.15, 0.2) is 0 Å². The Morgan fingerprint density at radius 2 is 2.00 bits per heavy atom. The van der Waals surface area contributed by atoms with E-state index in [1.165, 1.54) is 5.56 Å². The van der Waals surface area contributed by atoms with Crippen molar-refractivity contribution in [2.45, 2.75) is 20.8 Å². The Labute approximate surface area is 92.6 Å². The van der Waals surface area contributed by atoms with Crippen LogP contribution in [0.3, 0.4) is 0 Å². The fourth-order valence-electron chi connectivity index (χ4n) is 1.34. The fourth-order valence-corrected chi connectivity index (χ4v) is 1.34. The first-order chi connectivity index (χ1) is 7.20. The number of rotatable bonds is 6. The highest BCUT2D eigenvalue weighted by Crippen LogP contribution is 2.15. The Balaban J connectivity index is 2.18. The van der Waals surface area contributed by atoms with Gasteiger partial charge in [0.1, 0.15) is 12.4 Å². The lowest BCUT2D eigenvalue weighted by Gasteiger charge is -2.10. The molecule has 0 unspecified atom stereocenters. The molecule has 0 bridgehead atoms. The van der Waals surface area contributed by atoms with Crippen molar-refractivity contribution in [2.24, 2.45) is 5.92 Å². The van der Waals surface area contributed by atoms with E-state index in [1.54, 1.807) is 0 Å². The molecular weight excluding hydrogens is 186 g/mol. The topological polar surface area (TPSA) is 21.3 Å². The minimum absolute atomic E-state index is 0.698. The van der Waals surface area contributed by atoms with Crippen LogP contribution in [-0.2, 0) is 0 Å². The molecule has 0 amide bonds. The molecule has 84 valence electrons. The molecule has 0 spiro atoms. The molecule has 0 atom stereocenters. The van der Waals surface area contributed by atoms with Crippen molar-refractivity contribution in [1.82, 2.24) is 5.32 Å². The highest BCUT2D eigenvalue weighted by molar-refractivity contribution is 5.31. The summed E-state index contributed by atoms with van der Waals surface area (Å²) in [6.07, 6.45) is 0. The predicted octanol–water partition coefficient (Wildman–Crippen LogP) is 2.62. The van der Waals surface area contributed by atoms with Crippen LogP contribution < -0.4 is 10.1 Å². The van der Waals surface area contributed by atoms with Gasteiger partial charge in [-0.3, -0.25) is 0 Å². The molecule has 1 N–H and O–H groups in total. The first kappa shape index (κ1) is 12.1. The second-order valence-corrected chi connectivity index (χ2v) is 4.21. The number of hydrogen-bond donors (Lipinski definition) is 1. The Morgan fingerprint density at radius 1 is 1.27 bits per heavy atom. The summed E-state index contributed by atoms with van der Waals surface area (Å²) in [7, 11) is 0. The minimum Gasteiger partial charge on any atom is -0.492 e. The van der Waals surface area contributed by atoms with Crippen molar-refractivity contribution in [3.05, 3.63) is 29.8 Å². The lowest BCUT2D eigenvalue weighted by atomic mass is 10.2. The van der Waals surface area contributed by atoms with Crippen LogP contribution in [0.25, 0.3) is 0 Å². The summed E-state index contributed by atoms with van der Waals surface area (Å²) in [4.78, 5) is 0. The van der Waals surface area contributed by atoms with Gasteiger partial charge in [0.05, 0.1) is 0 Å². The Bertz CT molecular complexity index is 284. The summed E-state index contributed by atoms with van der Waals surface area (Å²) < 4.78 is 5.66. The van der Waals surface area contributed by atoms with Gasteiger partial charge in [-0.05, 0) is 31.0 Å². The van der Waals surface area contributed by atoms with Crippen molar-refractivity contribution in [1.29, 1.82) is 0 Å². The van der Waals surface area contributed by atoms with Crippen LogP contribution in [0.4, 0.5) is 0 Å². The van der Waals surface area contributed by atoms with Crippen LogP contribution in [0.1, 0.15) is 19.4 Å². The quantitative estimate of drug-likeness (QED) is 0.724. The molecule has 1 rings (SSSR count). The van der Waals surface area contributed by atoms with Crippen molar-refractivity contribution in [3.8, 4) is 5.75 Å². The van der Waals surface area contributed by atoms with Crippen molar-refractivity contribution in [2.75, 3.05) is 19.7 Å². The molecule has 0 aliphatic rings. The normalized spacial score (nSPS) is 10.7. The summed E-state index contributed by atoms with van der Waals surface area (Å²) in [5, 5.41) is 3.35. The first-order valence-corrected chi connectivity index (χ1v) is 5.59. The van der Waals surface area contributed by atoms with Crippen LogP contribution in [0.2, 0.25) is 0 Å². The summed E-state index contributed by atoms with van der Waals surface area (Å²) >= 11 is 0. The van der Waals surface area contributed by atoms with Crippen LogP contribution in [-0.4, -0.2) is 19.7 Å². The second kappa shape index (κ2) is 6.46. The first-order valence-electron chi connectivity index (χ1n) is 5.59. The van der Waals surface area contributed by atoms with Gasteiger partial charge in [0.25, 0.3) is 0 Å². The average molecular weight is 207 g/mol. The Morgan fingerprint density at radius 3 is 2.67 bits per heavy atom. The van der Waals surface area contributed by atoms with Gasteiger partial charge in [-0.2, -0.15) is 0 Å². The number of aryl methyl sites for hydroxylation is 1. The van der Waals surface area contributed by atoms with Gasteiger partial charge in [-0.1, -0.05) is 32.0 Å². The molecule has 15 heavy (non-hydrogen) atoms. The maximum atomic E-state index is 5.66. The van der Waals surface area contributed by atoms with Crippen LogP contribution >= 0.6 is 0 Å². The van der Waals surface area contributed by atoms with E-state index in [0.717, 1.165) is 25.4 Å². The Kier molecular flexibility index (Phi) is 5.19. The van der Waals surface area contributed by atoms with E-state index >= 15 is 0 Å². The smallest absolute Gasteiger partial charge is 0.122 e. The third-order valence-corrected chi connectivity index (χ3v) is 2.18. The van der Waals surface area contributed by atoms with E-state index in [-0.39, 0.29) is 0 Å². The van der Waals surface area contributed by atoms with E-state index in [1.807, 2.05) is 18.2 Å². The molecule has 0 radical (unpaired) electrons. The zero-order chi connectivity index (χ0) is 11.1. The Hall–Kier alpha value is -1.02. The van der Waals surface area contributed by atoms with Gasteiger partial charge in [0.2, 0.25) is 0 Å². The molecule has 2 heteroatoms. The lowest BCUT2D eigenvalue weighted by molar-refractivity contribution is 0.309. The standard InChI is InChI=1S/C13H21NO/c1-11(2)10-14-8-9-15-13-7-5-4-6-12(13)3/h4-7,11,14H,8-10H2,1-3H3. The van der Waals surface area contributed by atoms with Crippen LogP contribution in [0.15, 0.2) is 24.3 Å². The number of nitrogens with one attached hydrogen (secondary N) is 1. The number of hydrogen-bond acceptors (Lipinski definition) is 2. The number of ether oxygens (including phenoxy) is 1. The van der Waals surface area contributed by atoms with Gasteiger partial charge in [-0.25, -0.2) is 0 Å². The number of benzene rings is 1. The van der Waals surface area contributed by atoms with E-state index < -0.39 is 0 Å². The lowest BCUT2D eigenvalue weighted by Crippen LogP contribution is -2.25. The largest absolute Gasteiger partial charge is 0.492 e. The second-order valence-electron chi connectivity index (χ2n) is 4.21. The molecule has 1 aromatic rings. The molecule has 0 heterocycles. The third-order valence-electron chi connectivity index (χ3n) is 2.18. The molecule has 1 aromatic carbocycles. The van der Waals surface area contributed by atoms with Gasteiger partial charge >= 0.3 is 0 Å². The summed E-state index contributed by atoms with van der Waals surface area (Å²) in [6, 6.07) is 8.11. The molecule has 0 aliphatic heterocycles. The van der Waals surface area contributed by atoms with Gasteiger partial charge in [-0.15, -0.1) is 0 Å². The summed E-state index contributed by atoms with van der Waals surface area (Å²) in [5.41, 5.74) is 1.20. The summed E-state index contributed by atoms with van der Waals surface area (Å²) in [5.74, 6) is 1.69. The van der Waals surface area contributed by atoms with E-state index in [0.29, 0.717) is 5.92 Å². The third kappa shape index (κ3) is 4.84. The van der Waals surface area contributed by atoms with Gasteiger partial charge < -0.3 is 10.1 Å². The molecule has 0 aliphatic carbocycles. The maximum Gasteiger partial charge on any atom is 0.122 e. The van der Waals surface area contributed by atoms with E-state index in [2.05, 4.69) is 32.2 Å².